The van der Waals surface area contributed by atoms with E-state index in [2.05, 4.69) is 9.44 Å². The molecule has 0 aliphatic carbocycles. The van der Waals surface area contributed by atoms with Gasteiger partial charge in [0.05, 0.1) is 21.9 Å². The molecule has 0 spiro atoms. The van der Waals surface area contributed by atoms with E-state index in [0.717, 1.165) is 11.1 Å². The zero-order valence-corrected chi connectivity index (χ0v) is 28.1. The number of carbonyl (C=O) groups excluding carboxylic acids is 2. The van der Waals surface area contributed by atoms with E-state index in [-0.39, 0.29) is 5.91 Å². The summed E-state index contributed by atoms with van der Waals surface area (Å²) in [5, 5.41) is 0.554. The van der Waals surface area contributed by atoms with Crippen LogP contribution in [0.4, 0.5) is 0 Å². The Morgan fingerprint density at radius 3 is 1.63 bits per heavy atom. The van der Waals surface area contributed by atoms with E-state index in [1.54, 1.807) is 36.4 Å². The number of amides is 2. The van der Waals surface area contributed by atoms with Crippen LogP contribution in [0.3, 0.4) is 0 Å². The normalized spacial score (nSPS) is 13.4. The molecule has 8 nitrogen and oxygen atoms in total. The summed E-state index contributed by atoms with van der Waals surface area (Å²) in [4.78, 5) is 24.8. The van der Waals surface area contributed by atoms with Crippen LogP contribution in [0.2, 0.25) is 5.02 Å². The molecule has 3 aromatic carbocycles. The lowest BCUT2D eigenvalue weighted by atomic mass is 10.0. The first-order chi connectivity index (χ1) is 20.4. The van der Waals surface area contributed by atoms with Crippen LogP contribution in [0.25, 0.3) is 11.1 Å². The third-order valence-corrected chi connectivity index (χ3v) is 8.19. The summed E-state index contributed by atoms with van der Waals surface area (Å²) >= 11 is 5.72. The number of halogens is 1. The highest BCUT2D eigenvalue weighted by Gasteiger charge is 2.20. The Morgan fingerprint density at radius 1 is 0.698 bits per heavy atom. The minimum Gasteiger partial charge on any atom is -0.320 e. The lowest BCUT2D eigenvalue weighted by molar-refractivity contribution is -0.121. The van der Waals surface area contributed by atoms with Gasteiger partial charge in [-0.05, 0) is 66.1 Å². The molecule has 0 saturated heterocycles. The van der Waals surface area contributed by atoms with E-state index in [0.29, 0.717) is 39.5 Å². The minimum atomic E-state index is -1.64. The van der Waals surface area contributed by atoms with Gasteiger partial charge in [-0.1, -0.05) is 102 Å². The molecule has 0 fully saturated rings. The summed E-state index contributed by atoms with van der Waals surface area (Å²) < 4.78 is 29.3. The van der Waals surface area contributed by atoms with Crippen molar-refractivity contribution in [2.75, 3.05) is 0 Å². The first-order valence-corrected chi connectivity index (χ1v) is 16.9. The molecule has 3 rings (SSSR count). The third-order valence-electron chi connectivity index (χ3n) is 5.71. The van der Waals surface area contributed by atoms with Crippen LogP contribution >= 0.6 is 11.6 Å². The maximum Gasteiger partial charge on any atom is 0.248 e. The fourth-order valence-electron chi connectivity index (χ4n) is 3.72. The first kappa shape index (κ1) is 38.1. The number of benzene rings is 3. The second-order valence-electron chi connectivity index (χ2n) is 10.3. The molecule has 0 saturated carbocycles. The van der Waals surface area contributed by atoms with Crippen LogP contribution in [0.1, 0.15) is 54.4 Å². The van der Waals surface area contributed by atoms with Gasteiger partial charge in [-0.25, -0.2) is 8.42 Å². The summed E-state index contributed by atoms with van der Waals surface area (Å²) in [5.74, 6) is -0.174. The minimum absolute atomic E-state index is 0.306. The Hall–Kier alpha value is -2.89. The van der Waals surface area contributed by atoms with E-state index in [9.17, 15) is 18.0 Å². The largest absolute Gasteiger partial charge is 0.320 e. The van der Waals surface area contributed by atoms with Gasteiger partial charge in [0.25, 0.3) is 0 Å². The van der Waals surface area contributed by atoms with Gasteiger partial charge in [0.2, 0.25) is 11.8 Å². The molecular formula is C32H45ClN4O4S2. The third kappa shape index (κ3) is 14.0. The Morgan fingerprint density at radius 2 is 1.14 bits per heavy atom. The fourth-order valence-corrected chi connectivity index (χ4v) is 5.71. The van der Waals surface area contributed by atoms with E-state index in [4.69, 9.17) is 23.1 Å². The van der Waals surface area contributed by atoms with Crippen molar-refractivity contribution in [2.45, 2.75) is 76.3 Å². The van der Waals surface area contributed by atoms with Crippen molar-refractivity contribution in [3.05, 3.63) is 83.9 Å². The van der Waals surface area contributed by atoms with E-state index in [1.807, 2.05) is 84.0 Å². The summed E-state index contributed by atoms with van der Waals surface area (Å²) in [6.45, 7) is 11.9. The second kappa shape index (κ2) is 20.1. The van der Waals surface area contributed by atoms with Gasteiger partial charge in [0, 0.05) is 5.02 Å². The Balaban J connectivity index is 0.000000418. The predicted octanol–water partition coefficient (Wildman–Crippen LogP) is 5.74. The van der Waals surface area contributed by atoms with Gasteiger partial charge in [-0.3, -0.25) is 19.0 Å². The van der Waals surface area contributed by atoms with Gasteiger partial charge < -0.3 is 11.5 Å². The SMILES string of the molecule is CC.CC(C)CC(N)C(=O)NS(=O)c1ccc(Cl)cc1.CC(C)CC(N)C(=O)NS(=O)c1ccccc1-c1ccccc1. The number of hydrogen-bond acceptors (Lipinski definition) is 6. The molecule has 0 aliphatic heterocycles. The summed E-state index contributed by atoms with van der Waals surface area (Å²) in [7, 11) is -3.24. The molecule has 6 N–H and O–H groups in total. The van der Waals surface area contributed by atoms with Gasteiger partial charge in [0.1, 0.15) is 0 Å². The monoisotopic (exact) mass is 648 g/mol. The fraction of sp³-hybridized carbons (Fsp3) is 0.375. The molecule has 0 radical (unpaired) electrons. The van der Waals surface area contributed by atoms with Crippen molar-refractivity contribution in [3.8, 4) is 11.1 Å². The molecule has 4 unspecified atom stereocenters. The molecule has 0 bridgehead atoms. The molecule has 4 atom stereocenters. The van der Waals surface area contributed by atoms with Crippen molar-refractivity contribution in [3.63, 3.8) is 0 Å². The molecule has 11 heteroatoms. The predicted molar refractivity (Wildman–Crippen MR) is 179 cm³/mol. The average Bonchev–Trinajstić information content (AvgIpc) is 2.98. The van der Waals surface area contributed by atoms with Crippen LogP contribution in [-0.4, -0.2) is 32.3 Å². The Labute approximate surface area is 266 Å². The molecule has 0 heterocycles. The lowest BCUT2D eigenvalue weighted by Gasteiger charge is -2.15. The van der Waals surface area contributed by atoms with Crippen molar-refractivity contribution < 1.29 is 18.0 Å². The number of nitrogens with one attached hydrogen (secondary N) is 2. The zero-order chi connectivity index (χ0) is 32.5. The van der Waals surface area contributed by atoms with E-state index < -0.39 is 40.0 Å². The molecule has 236 valence electrons. The highest BCUT2D eigenvalue weighted by atomic mass is 35.5. The Bertz CT molecular complexity index is 1320. The average molecular weight is 649 g/mol. The van der Waals surface area contributed by atoms with Crippen molar-refractivity contribution in [2.24, 2.45) is 23.3 Å². The molecule has 0 aromatic heterocycles. The molecule has 43 heavy (non-hydrogen) atoms. The van der Waals surface area contributed by atoms with Crippen LogP contribution < -0.4 is 20.9 Å². The van der Waals surface area contributed by atoms with Crippen LogP contribution in [0.5, 0.6) is 0 Å². The lowest BCUT2D eigenvalue weighted by Crippen LogP contribution is -2.42. The molecule has 3 aromatic rings. The van der Waals surface area contributed by atoms with Crippen molar-refractivity contribution in [1.82, 2.24) is 9.44 Å². The number of hydrogen-bond donors (Lipinski definition) is 4. The molecule has 0 aliphatic rings. The second-order valence-corrected chi connectivity index (χ2v) is 13.1. The van der Waals surface area contributed by atoms with Crippen molar-refractivity contribution in [1.29, 1.82) is 0 Å². The highest BCUT2D eigenvalue weighted by Crippen LogP contribution is 2.25. The van der Waals surface area contributed by atoms with Crippen LogP contribution in [0, 0.1) is 11.8 Å². The maximum atomic E-state index is 12.6. The number of nitrogens with two attached hydrogens (primary N) is 2. The molecule has 2 amide bonds. The summed E-state index contributed by atoms with van der Waals surface area (Å²) in [5.41, 5.74) is 13.3. The quantitative estimate of drug-likeness (QED) is 0.209. The van der Waals surface area contributed by atoms with E-state index in [1.165, 1.54) is 0 Å². The topological polar surface area (TPSA) is 144 Å². The van der Waals surface area contributed by atoms with Gasteiger partial charge >= 0.3 is 0 Å². The van der Waals surface area contributed by atoms with Crippen LogP contribution in [-0.2, 0) is 31.6 Å². The van der Waals surface area contributed by atoms with Gasteiger partial charge in [-0.15, -0.1) is 0 Å². The molecular weight excluding hydrogens is 604 g/mol. The van der Waals surface area contributed by atoms with E-state index >= 15 is 0 Å². The smallest absolute Gasteiger partial charge is 0.248 e. The first-order valence-electron chi connectivity index (χ1n) is 14.2. The summed E-state index contributed by atoms with van der Waals surface area (Å²) in [6, 6.07) is 22.2. The highest BCUT2D eigenvalue weighted by molar-refractivity contribution is 7.84. The number of rotatable bonds is 11. The Kier molecular flexibility index (Phi) is 17.9. The van der Waals surface area contributed by atoms with Gasteiger partial charge in [0.15, 0.2) is 22.0 Å². The maximum absolute atomic E-state index is 12.6. The van der Waals surface area contributed by atoms with Crippen LogP contribution in [0.15, 0.2) is 88.7 Å². The number of carbonyl (C=O) groups is 2. The summed E-state index contributed by atoms with van der Waals surface area (Å²) in [6.07, 6.45) is 1.12. The zero-order valence-electron chi connectivity index (χ0n) is 25.7. The van der Waals surface area contributed by atoms with Crippen molar-refractivity contribution >= 4 is 45.4 Å². The standard InChI is InChI=1S/C18H22N2O2S.C12H17ClN2O2S.C2H6/c1-13(2)12-16(19)18(21)20-23(22)17-11-7-6-10-15(17)14-8-4-3-5-9-14;1-8(2)7-11(14)12(16)15-18(17)10-5-3-9(13)4-6-10;1-2/h3-11,13,16H,12,19H2,1-2H3,(H,20,21);3-6,8,11H,7,14H2,1-2H3,(H,15,16);1-2H3. The van der Waals surface area contributed by atoms with Gasteiger partial charge in [-0.2, -0.15) is 0 Å².